The van der Waals surface area contributed by atoms with Crippen molar-refractivity contribution in [1.29, 1.82) is 0 Å². The first-order valence-electron chi connectivity index (χ1n) is 10.6. The maximum absolute atomic E-state index is 12.4. The van der Waals surface area contributed by atoms with E-state index in [9.17, 15) is 14.5 Å². The fourth-order valence-corrected chi connectivity index (χ4v) is 3.55. The Kier molecular flexibility index (Phi) is 7.76. The van der Waals surface area contributed by atoms with Gasteiger partial charge in [-0.15, -0.1) is 0 Å². The molecule has 1 aliphatic rings. The molecular weight excluding hydrogens is 394 g/mol. The SMILES string of the molecule is Cc1ccc(COC(=O)N2CCC(CNC(=O)c3ccc(C(C)N=O)cc3)CC2)cc1. The zero-order valence-corrected chi connectivity index (χ0v) is 18.0. The van der Waals surface area contributed by atoms with Crippen LogP contribution in [0.4, 0.5) is 4.79 Å². The molecule has 0 radical (unpaired) electrons. The second kappa shape index (κ2) is 10.7. The Morgan fingerprint density at radius 3 is 2.35 bits per heavy atom. The molecule has 2 amide bonds. The lowest BCUT2D eigenvalue weighted by Gasteiger charge is -2.31. The van der Waals surface area contributed by atoms with Gasteiger partial charge in [0, 0.05) is 25.2 Å². The maximum atomic E-state index is 12.4. The average Bonchev–Trinajstić information content (AvgIpc) is 2.82. The fraction of sp³-hybridized carbons (Fsp3) is 0.417. The first-order chi connectivity index (χ1) is 15.0. The summed E-state index contributed by atoms with van der Waals surface area (Å²) in [5.41, 5.74) is 3.49. The number of benzene rings is 2. The first kappa shape index (κ1) is 22.5. The summed E-state index contributed by atoms with van der Waals surface area (Å²) >= 11 is 0. The zero-order chi connectivity index (χ0) is 22.2. The van der Waals surface area contributed by atoms with Crippen molar-refractivity contribution in [2.75, 3.05) is 19.6 Å². The number of hydrogen-bond donors (Lipinski definition) is 1. The van der Waals surface area contributed by atoms with Gasteiger partial charge in [0.1, 0.15) is 12.6 Å². The lowest BCUT2D eigenvalue weighted by atomic mass is 9.97. The molecule has 31 heavy (non-hydrogen) atoms. The van der Waals surface area contributed by atoms with Crippen molar-refractivity contribution >= 4 is 12.0 Å². The molecule has 3 rings (SSSR count). The van der Waals surface area contributed by atoms with E-state index in [1.807, 2.05) is 31.2 Å². The number of aryl methyl sites for hydroxylation is 1. The summed E-state index contributed by atoms with van der Waals surface area (Å²) < 4.78 is 5.42. The van der Waals surface area contributed by atoms with Crippen molar-refractivity contribution in [1.82, 2.24) is 10.2 Å². The largest absolute Gasteiger partial charge is 0.445 e. The quantitative estimate of drug-likeness (QED) is 0.659. The van der Waals surface area contributed by atoms with Gasteiger partial charge in [0.2, 0.25) is 0 Å². The Morgan fingerprint density at radius 1 is 1.10 bits per heavy atom. The molecule has 7 nitrogen and oxygen atoms in total. The van der Waals surface area contributed by atoms with E-state index in [1.54, 1.807) is 36.1 Å². The van der Waals surface area contributed by atoms with Gasteiger partial charge in [0.15, 0.2) is 0 Å². The predicted molar refractivity (Wildman–Crippen MR) is 119 cm³/mol. The number of nitrogens with zero attached hydrogens (tertiary/aromatic N) is 2. The predicted octanol–water partition coefficient (Wildman–Crippen LogP) is 4.60. The monoisotopic (exact) mass is 423 g/mol. The molecule has 1 atom stereocenters. The molecule has 1 aliphatic heterocycles. The minimum atomic E-state index is -0.425. The van der Waals surface area contributed by atoms with Gasteiger partial charge in [0.05, 0.1) is 0 Å². The van der Waals surface area contributed by atoms with Gasteiger partial charge in [-0.2, -0.15) is 4.91 Å². The number of nitrogens with one attached hydrogen (secondary N) is 1. The second-order valence-corrected chi connectivity index (χ2v) is 8.08. The van der Waals surface area contributed by atoms with Crippen LogP contribution < -0.4 is 5.32 Å². The highest BCUT2D eigenvalue weighted by Crippen LogP contribution is 2.19. The van der Waals surface area contributed by atoms with E-state index in [2.05, 4.69) is 10.5 Å². The van der Waals surface area contributed by atoms with Crippen LogP contribution in [-0.2, 0) is 11.3 Å². The molecule has 1 unspecified atom stereocenters. The van der Waals surface area contributed by atoms with Gasteiger partial charge in [-0.05, 0) is 55.9 Å². The van der Waals surface area contributed by atoms with Crippen LogP contribution in [0.25, 0.3) is 0 Å². The van der Waals surface area contributed by atoms with E-state index in [1.165, 1.54) is 5.56 Å². The van der Waals surface area contributed by atoms with Gasteiger partial charge in [0.25, 0.3) is 5.91 Å². The van der Waals surface area contributed by atoms with E-state index < -0.39 is 6.04 Å². The summed E-state index contributed by atoms with van der Waals surface area (Å²) in [4.78, 5) is 37.0. The van der Waals surface area contributed by atoms with E-state index in [4.69, 9.17) is 4.74 Å². The number of hydrogen-bond acceptors (Lipinski definition) is 5. The van der Waals surface area contributed by atoms with Crippen LogP contribution >= 0.6 is 0 Å². The Morgan fingerprint density at radius 2 is 1.74 bits per heavy atom. The molecular formula is C24H29N3O4. The Bertz CT molecular complexity index is 888. The Labute approximate surface area is 182 Å². The summed E-state index contributed by atoms with van der Waals surface area (Å²) in [6.45, 7) is 5.82. The summed E-state index contributed by atoms with van der Waals surface area (Å²) in [6.07, 6.45) is 1.35. The molecule has 2 aromatic carbocycles. The third-order valence-electron chi connectivity index (χ3n) is 5.72. The zero-order valence-electron chi connectivity index (χ0n) is 18.0. The van der Waals surface area contributed by atoms with Gasteiger partial charge in [-0.1, -0.05) is 47.1 Å². The smallest absolute Gasteiger partial charge is 0.410 e. The summed E-state index contributed by atoms with van der Waals surface area (Å²) in [5.74, 6) is 0.182. The molecule has 0 aliphatic carbocycles. The molecule has 0 bridgehead atoms. The second-order valence-electron chi connectivity index (χ2n) is 8.08. The van der Waals surface area contributed by atoms with Gasteiger partial charge < -0.3 is 15.0 Å². The fourth-order valence-electron chi connectivity index (χ4n) is 3.55. The highest BCUT2D eigenvalue weighted by molar-refractivity contribution is 5.94. The van der Waals surface area contributed by atoms with Crippen molar-refractivity contribution in [3.63, 3.8) is 0 Å². The standard InChI is InChI=1S/C24H29N3O4/c1-17-3-5-20(6-4-17)16-31-24(29)27-13-11-19(12-14-27)15-25-23(28)22-9-7-21(8-10-22)18(2)26-30/h3-10,18-19H,11-16H2,1-2H3,(H,25,28). The van der Waals surface area contributed by atoms with E-state index in [0.717, 1.165) is 24.0 Å². The molecule has 0 aromatic heterocycles. The highest BCUT2D eigenvalue weighted by Gasteiger charge is 2.24. The van der Waals surface area contributed by atoms with Crippen molar-refractivity contribution in [2.45, 2.75) is 39.3 Å². The van der Waals surface area contributed by atoms with E-state index in [-0.39, 0.29) is 18.6 Å². The molecule has 0 spiro atoms. The van der Waals surface area contributed by atoms with Gasteiger partial charge in [-0.25, -0.2) is 4.79 Å². The van der Waals surface area contributed by atoms with E-state index >= 15 is 0 Å². The maximum Gasteiger partial charge on any atom is 0.410 e. The average molecular weight is 424 g/mol. The number of carbonyl (C=O) groups is 2. The van der Waals surface area contributed by atoms with E-state index in [0.29, 0.717) is 31.1 Å². The van der Waals surface area contributed by atoms with Gasteiger partial charge in [-0.3, -0.25) is 4.79 Å². The molecule has 0 saturated carbocycles. The summed E-state index contributed by atoms with van der Waals surface area (Å²) in [6, 6.07) is 14.4. The topological polar surface area (TPSA) is 88.1 Å². The molecule has 7 heteroatoms. The lowest BCUT2D eigenvalue weighted by molar-refractivity contribution is 0.0801. The number of likely N-dealkylation sites (tertiary alicyclic amines) is 1. The van der Waals surface area contributed by atoms with Crippen LogP contribution in [0, 0.1) is 17.7 Å². The lowest BCUT2D eigenvalue weighted by Crippen LogP contribution is -2.41. The first-order valence-corrected chi connectivity index (χ1v) is 10.6. The summed E-state index contributed by atoms with van der Waals surface area (Å²) in [7, 11) is 0. The molecule has 164 valence electrons. The number of amides is 2. The third-order valence-corrected chi connectivity index (χ3v) is 5.72. The number of piperidine rings is 1. The molecule has 1 fully saturated rings. The van der Waals surface area contributed by atoms with Crippen molar-refractivity contribution in [2.24, 2.45) is 11.1 Å². The van der Waals surface area contributed by atoms with Crippen molar-refractivity contribution < 1.29 is 14.3 Å². The van der Waals surface area contributed by atoms with Crippen molar-refractivity contribution in [3.8, 4) is 0 Å². The van der Waals surface area contributed by atoms with Gasteiger partial charge >= 0.3 is 6.09 Å². The van der Waals surface area contributed by atoms with Crippen LogP contribution in [0.2, 0.25) is 0 Å². The van der Waals surface area contributed by atoms with Crippen LogP contribution in [0.1, 0.15) is 52.9 Å². The Balaban J connectivity index is 1.38. The van der Waals surface area contributed by atoms with Crippen molar-refractivity contribution in [3.05, 3.63) is 75.7 Å². The third kappa shape index (κ3) is 6.38. The molecule has 1 N–H and O–H groups in total. The Hall–Kier alpha value is -3.22. The van der Waals surface area contributed by atoms with Crippen LogP contribution in [0.5, 0.6) is 0 Å². The van der Waals surface area contributed by atoms with Crippen LogP contribution in [0.3, 0.4) is 0 Å². The molecule has 2 aromatic rings. The minimum absolute atomic E-state index is 0.141. The molecule has 1 heterocycles. The minimum Gasteiger partial charge on any atom is -0.445 e. The molecule has 1 saturated heterocycles. The normalized spacial score (nSPS) is 15.2. The number of nitroso groups, excluding NO2 is 1. The number of ether oxygens (including phenoxy) is 1. The highest BCUT2D eigenvalue weighted by atomic mass is 16.6. The number of rotatable bonds is 7. The summed E-state index contributed by atoms with van der Waals surface area (Å²) in [5, 5.41) is 5.96. The number of carbonyl (C=O) groups excluding carboxylic acids is 2. The van der Waals surface area contributed by atoms with Crippen LogP contribution in [-0.4, -0.2) is 36.5 Å². The van der Waals surface area contributed by atoms with Crippen LogP contribution in [0.15, 0.2) is 53.7 Å².